The lowest BCUT2D eigenvalue weighted by molar-refractivity contribution is 0.0925. The van der Waals surface area contributed by atoms with Gasteiger partial charge in [0.2, 0.25) is 0 Å². The lowest BCUT2D eigenvalue weighted by Gasteiger charge is -2.32. The molecule has 25 heavy (non-hydrogen) atoms. The number of aromatic nitrogens is 2. The molecule has 1 atom stereocenters. The van der Waals surface area contributed by atoms with E-state index in [1.807, 2.05) is 19.1 Å². The molecule has 0 aliphatic carbocycles. The van der Waals surface area contributed by atoms with Gasteiger partial charge < -0.3 is 10.4 Å². The molecular formula is C19H24N4O2. The smallest absolute Gasteiger partial charge is 0.271 e. The Morgan fingerprint density at radius 1 is 1.36 bits per heavy atom. The summed E-state index contributed by atoms with van der Waals surface area (Å²) in [5, 5.41) is 12.6. The van der Waals surface area contributed by atoms with Crippen LogP contribution in [-0.2, 0) is 6.54 Å². The second-order valence-corrected chi connectivity index (χ2v) is 6.67. The Labute approximate surface area is 147 Å². The Morgan fingerprint density at radius 2 is 2.24 bits per heavy atom. The monoisotopic (exact) mass is 340 g/mol. The number of aromatic hydroxyl groups is 1. The Bertz CT molecular complexity index is 718. The summed E-state index contributed by atoms with van der Waals surface area (Å²) < 4.78 is 0. The fraction of sp³-hybridized carbons (Fsp3) is 0.421. The van der Waals surface area contributed by atoms with Crippen LogP contribution in [0.25, 0.3) is 0 Å². The molecule has 2 N–H and O–H groups in total. The van der Waals surface area contributed by atoms with Gasteiger partial charge in [0.25, 0.3) is 5.91 Å². The van der Waals surface area contributed by atoms with Gasteiger partial charge in [0.1, 0.15) is 11.4 Å². The van der Waals surface area contributed by atoms with Crippen molar-refractivity contribution in [3.8, 4) is 5.75 Å². The highest BCUT2D eigenvalue weighted by Gasteiger charge is 2.21. The standard InChI is InChI=1S/C19H24N4O2/c1-14-9-21-18(11-20-14)19(25)22-10-16-5-3-7-23(13-16)12-15-4-2-6-17(24)8-15/h2,4,6,8-9,11,16,24H,3,5,7,10,12-13H2,1H3,(H,22,25)/t16-/m1/s1. The summed E-state index contributed by atoms with van der Waals surface area (Å²) in [5.74, 6) is 0.559. The molecule has 0 radical (unpaired) electrons. The molecule has 1 aliphatic rings. The van der Waals surface area contributed by atoms with Crippen LogP contribution in [0.15, 0.2) is 36.7 Å². The molecule has 3 rings (SSSR count). The first-order valence-electron chi connectivity index (χ1n) is 8.67. The second kappa shape index (κ2) is 8.07. The van der Waals surface area contributed by atoms with E-state index in [9.17, 15) is 9.90 Å². The number of carbonyl (C=O) groups excluding carboxylic acids is 1. The molecule has 6 nitrogen and oxygen atoms in total. The van der Waals surface area contributed by atoms with E-state index in [-0.39, 0.29) is 5.91 Å². The maximum absolute atomic E-state index is 12.2. The van der Waals surface area contributed by atoms with Gasteiger partial charge in [-0.2, -0.15) is 0 Å². The van der Waals surface area contributed by atoms with Crippen molar-refractivity contribution in [3.63, 3.8) is 0 Å². The Balaban J connectivity index is 1.49. The molecule has 6 heteroatoms. The minimum Gasteiger partial charge on any atom is -0.508 e. The second-order valence-electron chi connectivity index (χ2n) is 6.67. The number of nitrogens with one attached hydrogen (secondary N) is 1. The van der Waals surface area contributed by atoms with Crippen LogP contribution >= 0.6 is 0 Å². The number of nitrogens with zero attached hydrogens (tertiary/aromatic N) is 3. The van der Waals surface area contributed by atoms with Crippen LogP contribution in [-0.4, -0.2) is 45.5 Å². The molecule has 0 saturated carbocycles. The van der Waals surface area contributed by atoms with Gasteiger partial charge in [-0.05, 0) is 49.9 Å². The number of carbonyl (C=O) groups is 1. The number of hydrogen-bond donors (Lipinski definition) is 2. The quantitative estimate of drug-likeness (QED) is 0.872. The highest BCUT2D eigenvalue weighted by molar-refractivity contribution is 5.91. The van der Waals surface area contributed by atoms with Crippen LogP contribution in [0, 0.1) is 12.8 Å². The van der Waals surface area contributed by atoms with E-state index in [1.165, 1.54) is 6.20 Å². The van der Waals surface area contributed by atoms with Crippen molar-refractivity contribution >= 4 is 5.91 Å². The zero-order valence-electron chi connectivity index (χ0n) is 14.5. The van der Waals surface area contributed by atoms with Crippen molar-refractivity contribution < 1.29 is 9.90 Å². The van der Waals surface area contributed by atoms with Crippen molar-refractivity contribution in [1.29, 1.82) is 0 Å². The minimum absolute atomic E-state index is 0.169. The first kappa shape index (κ1) is 17.4. The zero-order chi connectivity index (χ0) is 17.6. The van der Waals surface area contributed by atoms with Gasteiger partial charge in [-0.15, -0.1) is 0 Å². The molecule has 0 unspecified atom stereocenters. The molecule has 0 spiro atoms. The molecular weight excluding hydrogens is 316 g/mol. The van der Waals surface area contributed by atoms with E-state index in [2.05, 4.69) is 20.2 Å². The molecule has 0 bridgehead atoms. The minimum atomic E-state index is -0.169. The first-order chi connectivity index (χ1) is 12.1. The first-order valence-corrected chi connectivity index (χ1v) is 8.67. The van der Waals surface area contributed by atoms with E-state index in [0.717, 1.165) is 43.7 Å². The SMILES string of the molecule is Cc1cnc(C(=O)NC[C@H]2CCCN(Cc3cccc(O)c3)C2)cn1. The topological polar surface area (TPSA) is 78.4 Å². The van der Waals surface area contributed by atoms with Gasteiger partial charge in [0, 0.05) is 25.8 Å². The fourth-order valence-corrected chi connectivity index (χ4v) is 3.21. The van der Waals surface area contributed by atoms with Crippen molar-refractivity contribution in [2.75, 3.05) is 19.6 Å². The van der Waals surface area contributed by atoms with Gasteiger partial charge in [-0.3, -0.25) is 14.7 Å². The van der Waals surface area contributed by atoms with Crippen molar-refractivity contribution in [3.05, 3.63) is 53.6 Å². The summed E-state index contributed by atoms with van der Waals surface area (Å²) >= 11 is 0. The van der Waals surface area contributed by atoms with Crippen LogP contribution in [0.4, 0.5) is 0 Å². The van der Waals surface area contributed by atoms with E-state index < -0.39 is 0 Å². The maximum atomic E-state index is 12.2. The highest BCUT2D eigenvalue weighted by atomic mass is 16.3. The van der Waals surface area contributed by atoms with Crippen LogP contribution in [0.1, 0.15) is 34.6 Å². The Hall–Kier alpha value is -2.47. The van der Waals surface area contributed by atoms with E-state index in [0.29, 0.717) is 23.9 Å². The van der Waals surface area contributed by atoms with Crippen LogP contribution < -0.4 is 5.32 Å². The molecule has 1 amide bonds. The average molecular weight is 340 g/mol. The van der Waals surface area contributed by atoms with Crippen LogP contribution in [0.3, 0.4) is 0 Å². The number of amides is 1. The summed E-state index contributed by atoms with van der Waals surface area (Å²) in [4.78, 5) is 22.8. The Kier molecular flexibility index (Phi) is 5.60. The fourth-order valence-electron chi connectivity index (χ4n) is 3.21. The summed E-state index contributed by atoms with van der Waals surface area (Å²) in [6, 6.07) is 7.39. The van der Waals surface area contributed by atoms with E-state index in [4.69, 9.17) is 0 Å². The third-order valence-electron chi connectivity index (χ3n) is 4.48. The average Bonchev–Trinajstić information content (AvgIpc) is 2.61. The Morgan fingerprint density at radius 3 is 3.00 bits per heavy atom. The van der Waals surface area contributed by atoms with Gasteiger partial charge in [-0.1, -0.05) is 12.1 Å². The molecule has 1 fully saturated rings. The number of aryl methyl sites for hydroxylation is 1. The summed E-state index contributed by atoms with van der Waals surface area (Å²) in [7, 11) is 0. The van der Waals surface area contributed by atoms with Gasteiger partial charge in [0.15, 0.2) is 0 Å². The van der Waals surface area contributed by atoms with Gasteiger partial charge >= 0.3 is 0 Å². The van der Waals surface area contributed by atoms with E-state index in [1.54, 1.807) is 18.3 Å². The summed E-state index contributed by atoms with van der Waals surface area (Å²) in [5.41, 5.74) is 2.27. The lowest BCUT2D eigenvalue weighted by atomic mass is 9.97. The summed E-state index contributed by atoms with van der Waals surface area (Å²) in [6.45, 7) is 5.30. The van der Waals surface area contributed by atoms with Crippen molar-refractivity contribution in [2.24, 2.45) is 5.92 Å². The van der Waals surface area contributed by atoms with Crippen molar-refractivity contribution in [2.45, 2.75) is 26.3 Å². The van der Waals surface area contributed by atoms with Gasteiger partial charge in [-0.25, -0.2) is 4.98 Å². The number of piperidine rings is 1. The van der Waals surface area contributed by atoms with Crippen molar-refractivity contribution in [1.82, 2.24) is 20.2 Å². The molecule has 1 aromatic carbocycles. The van der Waals surface area contributed by atoms with E-state index >= 15 is 0 Å². The third kappa shape index (κ3) is 5.00. The predicted octanol–water partition coefficient (Wildman–Crippen LogP) is 2.13. The number of rotatable bonds is 5. The van der Waals surface area contributed by atoms with Crippen LogP contribution in [0.2, 0.25) is 0 Å². The maximum Gasteiger partial charge on any atom is 0.271 e. The highest BCUT2D eigenvalue weighted by Crippen LogP contribution is 2.19. The molecule has 1 aromatic heterocycles. The molecule has 132 valence electrons. The van der Waals surface area contributed by atoms with Gasteiger partial charge in [0.05, 0.1) is 11.9 Å². The predicted molar refractivity (Wildman–Crippen MR) is 95.2 cm³/mol. The number of phenols is 1. The summed E-state index contributed by atoms with van der Waals surface area (Å²) in [6.07, 6.45) is 5.34. The molecule has 2 heterocycles. The third-order valence-corrected chi connectivity index (χ3v) is 4.48. The van der Waals surface area contributed by atoms with Crippen LogP contribution in [0.5, 0.6) is 5.75 Å². The molecule has 1 saturated heterocycles. The number of likely N-dealkylation sites (tertiary alicyclic amines) is 1. The molecule has 2 aromatic rings. The number of phenolic OH excluding ortho intramolecular Hbond substituents is 1. The molecule has 1 aliphatic heterocycles. The zero-order valence-corrected chi connectivity index (χ0v) is 14.5. The lowest BCUT2D eigenvalue weighted by Crippen LogP contribution is -2.40. The normalized spacial score (nSPS) is 18.0. The number of benzene rings is 1. The largest absolute Gasteiger partial charge is 0.508 e. The number of hydrogen-bond acceptors (Lipinski definition) is 5.